The van der Waals surface area contributed by atoms with E-state index < -0.39 is 10.0 Å². The van der Waals surface area contributed by atoms with E-state index in [1.807, 2.05) is 47.8 Å². The van der Waals surface area contributed by atoms with Gasteiger partial charge in [0.25, 0.3) is 0 Å². The molecule has 1 aromatic carbocycles. The van der Waals surface area contributed by atoms with Crippen LogP contribution in [0.25, 0.3) is 0 Å². The summed E-state index contributed by atoms with van der Waals surface area (Å²) in [5, 5.41) is 2.01. The molecule has 1 aromatic heterocycles. The Morgan fingerprint density at radius 3 is 2.65 bits per heavy atom. The number of hydrogen-bond donors (Lipinski definition) is 0. The Labute approximate surface area is 123 Å². The van der Waals surface area contributed by atoms with E-state index in [4.69, 9.17) is 0 Å². The molecule has 2 heterocycles. The van der Waals surface area contributed by atoms with Gasteiger partial charge in [0.15, 0.2) is 0 Å². The lowest BCUT2D eigenvalue weighted by atomic mass is 10.2. The minimum Gasteiger partial charge on any atom is -0.212 e. The Balaban J connectivity index is 1.83. The number of hydrogen-bond acceptors (Lipinski definition) is 3. The highest BCUT2D eigenvalue weighted by Crippen LogP contribution is 2.37. The average Bonchev–Trinajstić information content (AvgIpc) is 3.10. The van der Waals surface area contributed by atoms with E-state index in [0.717, 1.165) is 23.3 Å². The molecule has 1 atom stereocenters. The van der Waals surface area contributed by atoms with Gasteiger partial charge in [-0.15, -0.1) is 11.3 Å². The Hall–Kier alpha value is -1.17. The number of benzene rings is 1. The topological polar surface area (TPSA) is 37.4 Å². The van der Waals surface area contributed by atoms with Gasteiger partial charge in [-0.2, -0.15) is 4.31 Å². The first-order valence-electron chi connectivity index (χ1n) is 6.74. The summed E-state index contributed by atoms with van der Waals surface area (Å²) in [6, 6.07) is 13.5. The Bertz CT molecular complexity index is 650. The smallest absolute Gasteiger partial charge is 0.212 e. The summed E-state index contributed by atoms with van der Waals surface area (Å²) in [5.41, 5.74) is 0.851. The number of thiophene rings is 1. The van der Waals surface area contributed by atoms with Crippen molar-refractivity contribution >= 4 is 21.4 Å². The van der Waals surface area contributed by atoms with Crippen LogP contribution in [0.2, 0.25) is 0 Å². The van der Waals surface area contributed by atoms with E-state index in [-0.39, 0.29) is 11.8 Å². The molecule has 1 saturated heterocycles. The molecule has 0 amide bonds. The number of nitrogens with zero attached hydrogens (tertiary/aromatic N) is 1. The summed E-state index contributed by atoms with van der Waals surface area (Å²) in [5.74, 6) is 0.0930. The SMILES string of the molecule is O=S(=O)(Cc1ccccc1)N1CCC[C@H]1c1cccs1. The molecule has 2 aromatic rings. The molecule has 0 aliphatic carbocycles. The van der Waals surface area contributed by atoms with Gasteiger partial charge in [-0.25, -0.2) is 8.42 Å². The Kier molecular flexibility index (Phi) is 3.92. The van der Waals surface area contributed by atoms with Crippen molar-refractivity contribution in [3.63, 3.8) is 0 Å². The molecule has 1 fully saturated rings. The van der Waals surface area contributed by atoms with Crippen molar-refractivity contribution < 1.29 is 8.42 Å². The van der Waals surface area contributed by atoms with Crippen molar-refractivity contribution in [3.8, 4) is 0 Å². The second-order valence-electron chi connectivity index (χ2n) is 5.03. The fraction of sp³-hybridized carbons (Fsp3) is 0.333. The lowest BCUT2D eigenvalue weighted by Crippen LogP contribution is -2.31. The highest BCUT2D eigenvalue weighted by atomic mass is 32.2. The highest BCUT2D eigenvalue weighted by Gasteiger charge is 2.35. The maximum Gasteiger partial charge on any atom is 0.218 e. The molecular weight excluding hydrogens is 290 g/mol. The van der Waals surface area contributed by atoms with Crippen LogP contribution in [-0.2, 0) is 15.8 Å². The molecule has 20 heavy (non-hydrogen) atoms. The third kappa shape index (κ3) is 2.80. The van der Waals surface area contributed by atoms with E-state index in [1.54, 1.807) is 15.6 Å². The fourth-order valence-electron chi connectivity index (χ4n) is 2.71. The van der Waals surface area contributed by atoms with Gasteiger partial charge in [0, 0.05) is 11.4 Å². The van der Waals surface area contributed by atoms with Crippen molar-refractivity contribution in [2.45, 2.75) is 24.6 Å². The van der Waals surface area contributed by atoms with E-state index in [1.165, 1.54) is 0 Å². The predicted octanol–water partition coefficient (Wildman–Crippen LogP) is 3.42. The van der Waals surface area contributed by atoms with Crippen molar-refractivity contribution in [1.82, 2.24) is 4.31 Å². The van der Waals surface area contributed by atoms with Gasteiger partial charge in [0.1, 0.15) is 0 Å². The van der Waals surface area contributed by atoms with Crippen LogP contribution in [0.5, 0.6) is 0 Å². The molecule has 0 N–H and O–H groups in total. The van der Waals surface area contributed by atoms with Gasteiger partial charge in [-0.05, 0) is 29.9 Å². The van der Waals surface area contributed by atoms with Gasteiger partial charge < -0.3 is 0 Å². The van der Waals surface area contributed by atoms with Crippen molar-refractivity contribution in [2.75, 3.05) is 6.54 Å². The molecule has 1 aliphatic rings. The first-order valence-corrected chi connectivity index (χ1v) is 9.22. The van der Waals surface area contributed by atoms with Crippen molar-refractivity contribution in [3.05, 3.63) is 58.3 Å². The first-order chi connectivity index (χ1) is 9.67. The fourth-order valence-corrected chi connectivity index (χ4v) is 5.44. The molecule has 0 unspecified atom stereocenters. The molecule has 106 valence electrons. The molecule has 5 heteroatoms. The van der Waals surface area contributed by atoms with Gasteiger partial charge in [0.2, 0.25) is 10.0 Å². The zero-order valence-corrected chi connectivity index (χ0v) is 12.7. The van der Waals surface area contributed by atoms with Crippen LogP contribution in [0.1, 0.15) is 29.3 Å². The largest absolute Gasteiger partial charge is 0.218 e. The summed E-state index contributed by atoms with van der Waals surface area (Å²) >= 11 is 1.64. The average molecular weight is 307 g/mol. The lowest BCUT2D eigenvalue weighted by molar-refractivity contribution is 0.400. The summed E-state index contributed by atoms with van der Waals surface area (Å²) in [4.78, 5) is 1.15. The summed E-state index contributed by atoms with van der Waals surface area (Å²) in [7, 11) is -3.25. The Morgan fingerprint density at radius 1 is 1.15 bits per heavy atom. The van der Waals surface area contributed by atoms with Crippen LogP contribution in [-0.4, -0.2) is 19.3 Å². The van der Waals surface area contributed by atoms with Crippen LogP contribution in [0.15, 0.2) is 47.8 Å². The standard InChI is InChI=1S/C15H17NO2S2/c17-20(18,12-13-6-2-1-3-7-13)16-10-4-8-14(16)15-9-5-11-19-15/h1-3,5-7,9,11,14H,4,8,10,12H2/t14-/m0/s1. The molecular formula is C15H17NO2S2. The number of rotatable bonds is 4. The lowest BCUT2D eigenvalue weighted by Gasteiger charge is -2.23. The Morgan fingerprint density at radius 2 is 1.95 bits per heavy atom. The number of sulfonamides is 1. The minimum absolute atomic E-state index is 0.0312. The third-order valence-corrected chi connectivity index (χ3v) is 6.45. The molecule has 1 aliphatic heterocycles. The van der Waals surface area contributed by atoms with Crippen molar-refractivity contribution in [1.29, 1.82) is 0 Å². The quantitative estimate of drug-likeness (QED) is 0.868. The van der Waals surface area contributed by atoms with Crippen LogP contribution < -0.4 is 0 Å². The summed E-state index contributed by atoms with van der Waals surface area (Å²) in [6.45, 7) is 0.637. The maximum atomic E-state index is 12.6. The molecule has 3 rings (SSSR count). The minimum atomic E-state index is -3.25. The van der Waals surface area contributed by atoms with E-state index in [9.17, 15) is 8.42 Å². The zero-order chi connectivity index (χ0) is 14.0. The van der Waals surface area contributed by atoms with Gasteiger partial charge in [-0.1, -0.05) is 36.4 Å². The van der Waals surface area contributed by atoms with Gasteiger partial charge in [-0.3, -0.25) is 0 Å². The monoisotopic (exact) mass is 307 g/mol. The van der Waals surface area contributed by atoms with Gasteiger partial charge >= 0.3 is 0 Å². The maximum absolute atomic E-state index is 12.6. The van der Waals surface area contributed by atoms with Crippen LogP contribution in [0.4, 0.5) is 0 Å². The summed E-state index contributed by atoms with van der Waals surface area (Å²) in [6.07, 6.45) is 1.87. The zero-order valence-electron chi connectivity index (χ0n) is 11.1. The first kappa shape index (κ1) is 13.8. The molecule has 0 bridgehead atoms. The third-order valence-electron chi connectivity index (χ3n) is 3.62. The van der Waals surface area contributed by atoms with Crippen LogP contribution in [0.3, 0.4) is 0 Å². The predicted molar refractivity (Wildman–Crippen MR) is 82.1 cm³/mol. The van der Waals surface area contributed by atoms with Gasteiger partial charge in [0.05, 0.1) is 11.8 Å². The molecule has 3 nitrogen and oxygen atoms in total. The van der Waals surface area contributed by atoms with E-state index in [2.05, 4.69) is 0 Å². The second-order valence-corrected chi connectivity index (χ2v) is 7.93. The van der Waals surface area contributed by atoms with Crippen molar-refractivity contribution in [2.24, 2.45) is 0 Å². The normalized spacial score (nSPS) is 20.3. The molecule has 0 spiro atoms. The molecule has 0 radical (unpaired) electrons. The van der Waals surface area contributed by atoms with E-state index in [0.29, 0.717) is 6.54 Å². The summed E-state index contributed by atoms with van der Waals surface area (Å²) < 4.78 is 27.0. The molecule has 0 saturated carbocycles. The van der Waals surface area contributed by atoms with Crippen LogP contribution in [0, 0.1) is 0 Å². The van der Waals surface area contributed by atoms with E-state index >= 15 is 0 Å². The highest BCUT2D eigenvalue weighted by molar-refractivity contribution is 7.88. The van der Waals surface area contributed by atoms with Crippen LogP contribution >= 0.6 is 11.3 Å². The second kappa shape index (κ2) is 5.68.